The van der Waals surface area contributed by atoms with E-state index in [0.29, 0.717) is 5.89 Å². The highest BCUT2D eigenvalue weighted by molar-refractivity contribution is 5.88. The molecule has 4 aromatic rings. The molecule has 4 rings (SSSR count). The van der Waals surface area contributed by atoms with Crippen LogP contribution < -0.4 is 0 Å². The predicted molar refractivity (Wildman–Crippen MR) is 105 cm³/mol. The third-order valence-corrected chi connectivity index (χ3v) is 3.94. The lowest BCUT2D eigenvalue weighted by Gasteiger charge is -1.94. The molecule has 0 aliphatic heterocycles. The Morgan fingerprint density at radius 2 is 1.24 bits per heavy atom. The highest BCUT2D eigenvalue weighted by Gasteiger charge is 2.06. The Hall–Kier alpha value is -3.39. The van der Waals surface area contributed by atoms with Gasteiger partial charge in [-0.25, -0.2) is 4.98 Å². The lowest BCUT2D eigenvalue weighted by atomic mass is 10.1. The Kier molecular flexibility index (Phi) is 4.25. The van der Waals surface area contributed by atoms with Crippen LogP contribution in [0.5, 0.6) is 0 Å². The summed E-state index contributed by atoms with van der Waals surface area (Å²) in [6, 6.07) is 26.3. The van der Waals surface area contributed by atoms with Crippen molar-refractivity contribution in [1.82, 2.24) is 4.98 Å². The van der Waals surface area contributed by atoms with Crippen molar-refractivity contribution in [2.24, 2.45) is 0 Å². The molecule has 120 valence electrons. The predicted octanol–water partition coefficient (Wildman–Crippen LogP) is 6.17. The van der Waals surface area contributed by atoms with Gasteiger partial charge in [0.15, 0.2) is 5.58 Å². The third kappa shape index (κ3) is 3.59. The molecule has 0 unspecified atom stereocenters. The van der Waals surface area contributed by atoms with Gasteiger partial charge in [-0.05, 0) is 23.3 Å². The summed E-state index contributed by atoms with van der Waals surface area (Å²) in [6.45, 7) is 0. The number of oxazole rings is 1. The summed E-state index contributed by atoms with van der Waals surface area (Å²) in [7, 11) is 0. The molecule has 1 aromatic heterocycles. The van der Waals surface area contributed by atoms with E-state index in [-0.39, 0.29) is 0 Å². The van der Waals surface area contributed by atoms with Crippen molar-refractivity contribution in [3.05, 3.63) is 101 Å². The van der Waals surface area contributed by atoms with E-state index < -0.39 is 0 Å². The SMILES string of the molecule is C(=C\c1nc2c(/C=C/c3ccccc3)cccc2o1)/c1ccccc1. The molecule has 2 nitrogen and oxygen atoms in total. The Morgan fingerprint density at radius 1 is 0.600 bits per heavy atom. The van der Waals surface area contributed by atoms with Crippen LogP contribution in [0.2, 0.25) is 0 Å². The summed E-state index contributed by atoms with van der Waals surface area (Å²) < 4.78 is 5.85. The summed E-state index contributed by atoms with van der Waals surface area (Å²) in [4.78, 5) is 4.64. The van der Waals surface area contributed by atoms with Crippen molar-refractivity contribution in [2.75, 3.05) is 0 Å². The Bertz CT molecular complexity index is 1030. The number of aromatic nitrogens is 1. The number of hydrogen-bond acceptors (Lipinski definition) is 2. The van der Waals surface area contributed by atoms with E-state index in [9.17, 15) is 0 Å². The van der Waals surface area contributed by atoms with Gasteiger partial charge in [-0.2, -0.15) is 0 Å². The first-order valence-electron chi connectivity index (χ1n) is 8.24. The highest BCUT2D eigenvalue weighted by atomic mass is 16.3. The van der Waals surface area contributed by atoms with E-state index in [1.807, 2.05) is 72.8 Å². The second-order valence-corrected chi connectivity index (χ2v) is 5.73. The molecule has 3 aromatic carbocycles. The summed E-state index contributed by atoms with van der Waals surface area (Å²) >= 11 is 0. The maximum absolute atomic E-state index is 5.85. The van der Waals surface area contributed by atoms with Gasteiger partial charge in [0.25, 0.3) is 0 Å². The molecule has 0 saturated carbocycles. The van der Waals surface area contributed by atoms with Crippen LogP contribution in [0.1, 0.15) is 22.6 Å². The monoisotopic (exact) mass is 323 g/mol. The second-order valence-electron chi connectivity index (χ2n) is 5.73. The average molecular weight is 323 g/mol. The minimum Gasteiger partial charge on any atom is -0.437 e. The number of hydrogen-bond donors (Lipinski definition) is 0. The highest BCUT2D eigenvalue weighted by Crippen LogP contribution is 2.22. The largest absolute Gasteiger partial charge is 0.437 e. The van der Waals surface area contributed by atoms with Gasteiger partial charge in [0.1, 0.15) is 5.52 Å². The fraction of sp³-hybridized carbons (Fsp3) is 0. The molecule has 0 bridgehead atoms. The zero-order valence-corrected chi connectivity index (χ0v) is 13.7. The van der Waals surface area contributed by atoms with Crippen LogP contribution in [0, 0.1) is 0 Å². The molecule has 0 atom stereocenters. The van der Waals surface area contributed by atoms with Gasteiger partial charge in [0.05, 0.1) is 0 Å². The summed E-state index contributed by atoms with van der Waals surface area (Å²) in [5, 5.41) is 0. The van der Waals surface area contributed by atoms with E-state index in [2.05, 4.69) is 35.3 Å². The maximum Gasteiger partial charge on any atom is 0.220 e. The molecule has 25 heavy (non-hydrogen) atoms. The zero-order chi connectivity index (χ0) is 16.9. The normalized spacial score (nSPS) is 11.7. The van der Waals surface area contributed by atoms with Crippen LogP contribution in [0.4, 0.5) is 0 Å². The van der Waals surface area contributed by atoms with Gasteiger partial charge in [0, 0.05) is 11.6 Å². The van der Waals surface area contributed by atoms with Gasteiger partial charge < -0.3 is 4.42 Å². The molecule has 0 fully saturated rings. The number of fused-ring (bicyclic) bond motifs is 1. The molecule has 0 N–H and O–H groups in total. The summed E-state index contributed by atoms with van der Waals surface area (Å²) in [5.41, 5.74) is 5.00. The minimum atomic E-state index is 0.611. The smallest absolute Gasteiger partial charge is 0.220 e. The standard InChI is InChI=1S/C23H17NO/c1-3-8-18(9-4-1)14-16-20-12-7-13-21-23(20)24-22(25-21)17-15-19-10-5-2-6-11-19/h1-17H/b16-14+,17-15+. The Balaban J connectivity index is 1.65. The molecule has 1 heterocycles. The van der Waals surface area contributed by atoms with E-state index in [1.54, 1.807) is 0 Å². The molecule has 0 spiro atoms. The van der Waals surface area contributed by atoms with Crippen LogP contribution >= 0.6 is 0 Å². The van der Waals surface area contributed by atoms with Crippen LogP contribution in [0.3, 0.4) is 0 Å². The number of benzene rings is 3. The van der Waals surface area contributed by atoms with E-state index >= 15 is 0 Å². The van der Waals surface area contributed by atoms with Crippen molar-refractivity contribution in [3.63, 3.8) is 0 Å². The first kappa shape index (κ1) is 15.2. The molecule has 0 aliphatic rings. The van der Waals surface area contributed by atoms with Crippen molar-refractivity contribution in [1.29, 1.82) is 0 Å². The summed E-state index contributed by atoms with van der Waals surface area (Å²) in [6.07, 6.45) is 8.07. The maximum atomic E-state index is 5.85. The molecule has 0 aliphatic carbocycles. The van der Waals surface area contributed by atoms with Crippen molar-refractivity contribution >= 4 is 35.4 Å². The molecular weight excluding hydrogens is 306 g/mol. The van der Waals surface area contributed by atoms with Gasteiger partial charge in [0.2, 0.25) is 5.89 Å². The molecular formula is C23H17NO. The lowest BCUT2D eigenvalue weighted by Crippen LogP contribution is -1.77. The van der Waals surface area contributed by atoms with Crippen molar-refractivity contribution in [2.45, 2.75) is 0 Å². The van der Waals surface area contributed by atoms with Crippen LogP contribution in [-0.4, -0.2) is 4.98 Å². The number of nitrogens with zero attached hydrogens (tertiary/aromatic N) is 1. The van der Waals surface area contributed by atoms with E-state index in [1.165, 1.54) is 0 Å². The van der Waals surface area contributed by atoms with Crippen LogP contribution in [0.15, 0.2) is 83.3 Å². The first-order chi connectivity index (χ1) is 12.4. The summed E-state index contributed by atoms with van der Waals surface area (Å²) in [5.74, 6) is 0.611. The fourth-order valence-electron chi connectivity index (χ4n) is 2.67. The van der Waals surface area contributed by atoms with Gasteiger partial charge in [-0.3, -0.25) is 0 Å². The average Bonchev–Trinajstić information content (AvgIpc) is 3.10. The van der Waals surface area contributed by atoms with Gasteiger partial charge in [-0.15, -0.1) is 0 Å². The Labute approximate surface area is 146 Å². The van der Waals surface area contributed by atoms with E-state index in [0.717, 1.165) is 27.8 Å². The zero-order valence-electron chi connectivity index (χ0n) is 13.7. The molecule has 0 radical (unpaired) electrons. The first-order valence-corrected chi connectivity index (χ1v) is 8.24. The molecule has 2 heteroatoms. The number of rotatable bonds is 4. The van der Waals surface area contributed by atoms with Gasteiger partial charge in [-0.1, -0.05) is 84.9 Å². The van der Waals surface area contributed by atoms with Gasteiger partial charge >= 0.3 is 0 Å². The third-order valence-electron chi connectivity index (χ3n) is 3.94. The lowest BCUT2D eigenvalue weighted by molar-refractivity contribution is 0.589. The fourth-order valence-corrected chi connectivity index (χ4v) is 2.67. The van der Waals surface area contributed by atoms with Crippen LogP contribution in [-0.2, 0) is 0 Å². The van der Waals surface area contributed by atoms with E-state index in [4.69, 9.17) is 4.42 Å². The minimum absolute atomic E-state index is 0.611. The molecule has 0 saturated heterocycles. The quantitative estimate of drug-likeness (QED) is 0.420. The topological polar surface area (TPSA) is 26.0 Å². The second kappa shape index (κ2) is 7.02. The van der Waals surface area contributed by atoms with Crippen LogP contribution in [0.25, 0.3) is 35.4 Å². The number of para-hydroxylation sites is 1. The molecule has 0 amide bonds. The van der Waals surface area contributed by atoms with Crippen molar-refractivity contribution in [3.8, 4) is 0 Å². The Morgan fingerprint density at radius 3 is 1.92 bits per heavy atom. The van der Waals surface area contributed by atoms with Crippen molar-refractivity contribution < 1.29 is 4.42 Å².